The Balaban J connectivity index is 1.70. The number of hydrazone groups is 1. The summed E-state index contributed by atoms with van der Waals surface area (Å²) in [6.07, 6.45) is 1.48. The number of pyridine rings is 1. The topological polar surface area (TPSA) is 54.4 Å². The molecule has 0 spiro atoms. The van der Waals surface area contributed by atoms with Crippen molar-refractivity contribution in [3.63, 3.8) is 0 Å². The largest absolute Gasteiger partial charge is 0.272 e. The van der Waals surface area contributed by atoms with E-state index in [-0.39, 0.29) is 11.7 Å². The Labute approximate surface area is 174 Å². The molecule has 0 atom stereocenters. The molecule has 0 aliphatic rings. The van der Waals surface area contributed by atoms with Gasteiger partial charge in [0.25, 0.3) is 5.91 Å². The fourth-order valence-electron chi connectivity index (χ4n) is 3.38. The van der Waals surface area contributed by atoms with Gasteiger partial charge in [-0.2, -0.15) is 5.10 Å². The molecule has 1 heterocycles. The summed E-state index contributed by atoms with van der Waals surface area (Å²) < 4.78 is 13.0. The highest BCUT2D eigenvalue weighted by atomic mass is 19.1. The minimum atomic E-state index is -0.335. The number of carbonyl (C=O) groups excluding carboxylic acids is 1. The molecular formula is C25H20FN3O. The smallest absolute Gasteiger partial charge is 0.267 e. The summed E-state index contributed by atoms with van der Waals surface area (Å²) in [5, 5.41) is 4.77. The van der Waals surface area contributed by atoms with Crippen molar-refractivity contribution >= 4 is 23.0 Å². The van der Waals surface area contributed by atoms with Crippen molar-refractivity contribution < 1.29 is 9.18 Å². The quantitative estimate of drug-likeness (QED) is 0.369. The molecule has 1 aromatic heterocycles. The van der Waals surface area contributed by atoms with E-state index in [0.717, 1.165) is 27.7 Å². The molecule has 4 aromatic rings. The summed E-state index contributed by atoms with van der Waals surface area (Å²) in [7, 11) is 0. The van der Waals surface area contributed by atoms with Gasteiger partial charge in [-0.3, -0.25) is 4.79 Å². The number of amides is 1. The van der Waals surface area contributed by atoms with Gasteiger partial charge in [0.2, 0.25) is 0 Å². The van der Waals surface area contributed by atoms with Crippen LogP contribution >= 0.6 is 0 Å². The van der Waals surface area contributed by atoms with Crippen molar-refractivity contribution in [1.29, 1.82) is 0 Å². The lowest BCUT2D eigenvalue weighted by atomic mass is 9.99. The average molecular weight is 397 g/mol. The monoisotopic (exact) mass is 397 g/mol. The fraction of sp³-hybridized carbons (Fsp3) is 0.0800. The van der Waals surface area contributed by atoms with Crippen molar-refractivity contribution in [1.82, 2.24) is 10.4 Å². The second-order valence-corrected chi connectivity index (χ2v) is 7.14. The first kappa shape index (κ1) is 19.5. The van der Waals surface area contributed by atoms with E-state index in [1.807, 2.05) is 50.2 Å². The molecule has 0 unspecified atom stereocenters. The molecular weight excluding hydrogens is 377 g/mol. The maximum absolute atomic E-state index is 13.0. The third-order valence-electron chi connectivity index (χ3n) is 4.87. The van der Waals surface area contributed by atoms with Crippen LogP contribution in [-0.4, -0.2) is 17.1 Å². The molecule has 0 aliphatic heterocycles. The van der Waals surface area contributed by atoms with Crippen LogP contribution in [0.1, 0.15) is 27.0 Å². The number of para-hydroxylation sites is 1. The predicted octanol–water partition coefficient (Wildman–Crippen LogP) is 5.42. The lowest BCUT2D eigenvalue weighted by Crippen LogP contribution is -2.18. The first-order valence-electron chi connectivity index (χ1n) is 9.57. The number of hydrogen-bond donors (Lipinski definition) is 1. The lowest BCUT2D eigenvalue weighted by molar-refractivity contribution is 0.0956. The van der Waals surface area contributed by atoms with Gasteiger partial charge in [0.15, 0.2) is 0 Å². The molecule has 0 bridgehead atoms. The zero-order valence-electron chi connectivity index (χ0n) is 16.7. The number of nitrogens with one attached hydrogen (secondary N) is 1. The van der Waals surface area contributed by atoms with E-state index in [9.17, 15) is 9.18 Å². The fourth-order valence-corrected chi connectivity index (χ4v) is 3.38. The molecule has 0 aliphatic carbocycles. The van der Waals surface area contributed by atoms with E-state index in [4.69, 9.17) is 4.98 Å². The molecule has 4 nitrogen and oxygen atoms in total. The van der Waals surface area contributed by atoms with Crippen LogP contribution < -0.4 is 5.43 Å². The highest BCUT2D eigenvalue weighted by Gasteiger charge is 2.14. The van der Waals surface area contributed by atoms with Crippen LogP contribution in [0, 0.1) is 19.7 Å². The summed E-state index contributed by atoms with van der Waals surface area (Å²) in [6, 6.07) is 21.3. The van der Waals surface area contributed by atoms with E-state index < -0.39 is 0 Å². The lowest BCUT2D eigenvalue weighted by Gasteiger charge is -2.11. The molecule has 5 heteroatoms. The molecule has 0 fully saturated rings. The number of fused-ring (bicyclic) bond motifs is 1. The minimum absolute atomic E-state index is 0.321. The van der Waals surface area contributed by atoms with E-state index in [2.05, 4.69) is 16.6 Å². The third kappa shape index (κ3) is 4.10. The third-order valence-corrected chi connectivity index (χ3v) is 4.87. The summed E-state index contributed by atoms with van der Waals surface area (Å²) in [4.78, 5) is 17.7. The first-order valence-corrected chi connectivity index (χ1v) is 9.57. The number of halogens is 1. The maximum atomic E-state index is 13.0. The van der Waals surface area contributed by atoms with E-state index in [1.165, 1.54) is 23.9 Å². The second kappa shape index (κ2) is 8.25. The Morgan fingerprint density at radius 1 is 1.00 bits per heavy atom. The number of carbonyl (C=O) groups is 1. The van der Waals surface area contributed by atoms with Crippen LogP contribution in [-0.2, 0) is 0 Å². The van der Waals surface area contributed by atoms with Crippen LogP contribution in [0.3, 0.4) is 0 Å². The molecule has 1 amide bonds. The van der Waals surface area contributed by atoms with Crippen LogP contribution in [0.25, 0.3) is 22.2 Å². The number of benzene rings is 3. The van der Waals surface area contributed by atoms with Crippen molar-refractivity contribution in [2.75, 3.05) is 0 Å². The highest BCUT2D eigenvalue weighted by Crippen LogP contribution is 2.27. The molecule has 0 radical (unpaired) electrons. The first-order chi connectivity index (χ1) is 14.5. The number of aryl methyl sites for hydroxylation is 2. The summed E-state index contributed by atoms with van der Waals surface area (Å²) >= 11 is 0. The molecule has 3 aromatic carbocycles. The van der Waals surface area contributed by atoms with Gasteiger partial charge in [0, 0.05) is 10.9 Å². The van der Waals surface area contributed by atoms with Gasteiger partial charge < -0.3 is 0 Å². The van der Waals surface area contributed by atoms with E-state index in [1.54, 1.807) is 18.2 Å². The van der Waals surface area contributed by atoms with Crippen molar-refractivity contribution in [3.05, 3.63) is 101 Å². The van der Waals surface area contributed by atoms with Gasteiger partial charge in [-0.15, -0.1) is 0 Å². The van der Waals surface area contributed by atoms with Crippen LogP contribution in [0.5, 0.6) is 0 Å². The number of hydrogen-bond acceptors (Lipinski definition) is 3. The molecule has 0 saturated carbocycles. The molecule has 0 saturated heterocycles. The summed E-state index contributed by atoms with van der Waals surface area (Å²) in [6.45, 7) is 4.08. The summed E-state index contributed by atoms with van der Waals surface area (Å²) in [5.41, 5.74) is 8.47. The average Bonchev–Trinajstić information content (AvgIpc) is 2.74. The van der Waals surface area contributed by atoms with E-state index in [0.29, 0.717) is 11.1 Å². The molecule has 1 N–H and O–H groups in total. The van der Waals surface area contributed by atoms with E-state index >= 15 is 0 Å². The van der Waals surface area contributed by atoms with Crippen LogP contribution in [0.15, 0.2) is 77.9 Å². The zero-order valence-corrected chi connectivity index (χ0v) is 16.7. The van der Waals surface area contributed by atoms with Gasteiger partial charge >= 0.3 is 0 Å². The molecule has 148 valence electrons. The van der Waals surface area contributed by atoms with Crippen molar-refractivity contribution in [3.8, 4) is 11.3 Å². The SMILES string of the molecule is Cc1ccc(-c2cc(C(=O)NN=Cc3ccc(F)cc3)c3ccccc3n2)c(C)c1. The van der Waals surface area contributed by atoms with Gasteiger partial charge in [0.05, 0.1) is 23.0 Å². The van der Waals surface area contributed by atoms with Gasteiger partial charge in [0.1, 0.15) is 5.82 Å². The Morgan fingerprint density at radius 3 is 2.53 bits per heavy atom. The number of rotatable bonds is 4. The zero-order chi connectivity index (χ0) is 21.1. The minimum Gasteiger partial charge on any atom is -0.267 e. The Kier molecular flexibility index (Phi) is 5.35. The Bertz CT molecular complexity index is 1260. The number of aromatic nitrogens is 1. The number of nitrogens with zero attached hydrogens (tertiary/aromatic N) is 2. The van der Waals surface area contributed by atoms with Gasteiger partial charge in [-0.05, 0) is 49.2 Å². The summed E-state index contributed by atoms with van der Waals surface area (Å²) in [5.74, 6) is -0.656. The molecule has 4 rings (SSSR count). The highest BCUT2D eigenvalue weighted by molar-refractivity contribution is 6.07. The Hall–Kier alpha value is -3.86. The standard InChI is InChI=1S/C25H20FN3O/c1-16-7-12-20(17(2)13-16)24-14-22(21-5-3-4-6-23(21)28-24)25(30)29-27-15-18-8-10-19(26)11-9-18/h3-15H,1-2H3,(H,29,30). The predicted molar refractivity (Wildman–Crippen MR) is 118 cm³/mol. The normalized spacial score (nSPS) is 11.2. The molecule has 30 heavy (non-hydrogen) atoms. The van der Waals surface area contributed by atoms with Gasteiger partial charge in [-0.1, -0.05) is 54.1 Å². The maximum Gasteiger partial charge on any atom is 0.272 e. The second-order valence-electron chi connectivity index (χ2n) is 7.14. The van der Waals surface area contributed by atoms with Gasteiger partial charge in [-0.25, -0.2) is 14.8 Å². The Morgan fingerprint density at radius 2 is 1.77 bits per heavy atom. The van der Waals surface area contributed by atoms with Crippen LogP contribution in [0.4, 0.5) is 4.39 Å². The van der Waals surface area contributed by atoms with Crippen molar-refractivity contribution in [2.45, 2.75) is 13.8 Å². The van der Waals surface area contributed by atoms with Crippen molar-refractivity contribution in [2.24, 2.45) is 5.10 Å². The van der Waals surface area contributed by atoms with Crippen LogP contribution in [0.2, 0.25) is 0 Å².